The van der Waals surface area contributed by atoms with Gasteiger partial charge in [0.2, 0.25) is 10.0 Å². The summed E-state index contributed by atoms with van der Waals surface area (Å²) in [6.07, 6.45) is 0.368. The van der Waals surface area contributed by atoms with E-state index in [-0.39, 0.29) is 18.5 Å². The first-order chi connectivity index (χ1) is 11.0. The molecule has 130 valence electrons. The zero-order chi connectivity index (χ0) is 17.9. The third kappa shape index (κ3) is 2.93. The van der Waals surface area contributed by atoms with Crippen LogP contribution < -0.4 is 9.44 Å². The fourth-order valence-electron chi connectivity index (χ4n) is 2.73. The average Bonchev–Trinajstić information content (AvgIpc) is 2.95. The van der Waals surface area contributed by atoms with Crippen LogP contribution in [0.5, 0.6) is 0 Å². The summed E-state index contributed by atoms with van der Waals surface area (Å²) in [7, 11) is -7.77. The van der Waals surface area contributed by atoms with Crippen molar-refractivity contribution in [3.8, 4) is 0 Å². The van der Waals surface area contributed by atoms with Crippen molar-refractivity contribution in [2.45, 2.75) is 29.2 Å². The van der Waals surface area contributed by atoms with Crippen molar-refractivity contribution in [2.75, 3.05) is 4.31 Å². The molecule has 1 atom stereocenters. The summed E-state index contributed by atoms with van der Waals surface area (Å²) in [6.45, 7) is 1.73. The number of fused-ring (bicyclic) bond motifs is 1. The summed E-state index contributed by atoms with van der Waals surface area (Å²) >= 11 is 12.8. The lowest BCUT2D eigenvalue weighted by Gasteiger charge is -2.24. The van der Waals surface area contributed by atoms with Gasteiger partial charge in [0.15, 0.2) is 0 Å². The number of halogens is 2. The topological polar surface area (TPSA) is 97.5 Å². The van der Waals surface area contributed by atoms with Gasteiger partial charge in [0.05, 0.1) is 14.9 Å². The van der Waals surface area contributed by atoms with E-state index in [1.54, 1.807) is 6.92 Å². The molecule has 1 aromatic carbocycles. The molecule has 0 radical (unpaired) electrons. The van der Waals surface area contributed by atoms with Gasteiger partial charge in [0.25, 0.3) is 10.0 Å². The third-order valence-corrected chi connectivity index (χ3v) is 8.29. The molecular weight excluding hydrogens is 415 g/mol. The lowest BCUT2D eigenvalue weighted by molar-refractivity contribution is 0.584. The van der Waals surface area contributed by atoms with E-state index in [9.17, 15) is 16.8 Å². The second kappa shape index (κ2) is 5.86. The Kier molecular flexibility index (Phi) is 4.38. The van der Waals surface area contributed by atoms with Crippen molar-refractivity contribution in [3.63, 3.8) is 0 Å². The molecule has 0 saturated heterocycles. The van der Waals surface area contributed by atoms with Gasteiger partial charge in [-0.2, -0.15) is 0 Å². The monoisotopic (exact) mass is 426 g/mol. The molecule has 6 nitrogen and oxygen atoms in total. The van der Waals surface area contributed by atoms with E-state index in [0.717, 1.165) is 11.3 Å². The molecule has 0 spiro atoms. The Labute approximate surface area is 153 Å². The van der Waals surface area contributed by atoms with Gasteiger partial charge in [-0.3, -0.25) is 4.31 Å². The quantitative estimate of drug-likeness (QED) is 0.815. The van der Waals surface area contributed by atoms with E-state index in [4.69, 9.17) is 28.3 Å². The Morgan fingerprint density at radius 1 is 1.21 bits per heavy atom. The largest absolute Gasteiger partial charge is 0.266 e. The molecule has 3 rings (SSSR count). The standard InChI is InChI=1S/C13H12Cl2N2O4S3/c1-7-4-8-5-9(23(16,18)19)2-3-10(8)17(7)24(20,21)11-6-12(14)22-13(11)15/h2-3,5-7H,4H2,1H3,(H2,16,18,19)/t7-/m0/s1. The predicted molar refractivity (Wildman–Crippen MR) is 95.0 cm³/mol. The number of rotatable bonds is 3. The summed E-state index contributed by atoms with van der Waals surface area (Å²) in [5, 5.41) is 5.13. The van der Waals surface area contributed by atoms with Crippen LogP contribution in [0, 0.1) is 0 Å². The van der Waals surface area contributed by atoms with Gasteiger partial charge in [-0.1, -0.05) is 23.2 Å². The zero-order valence-corrected chi connectivity index (χ0v) is 16.2. The lowest BCUT2D eigenvalue weighted by Crippen LogP contribution is -2.35. The van der Waals surface area contributed by atoms with Gasteiger partial charge < -0.3 is 0 Å². The maximum Gasteiger partial charge on any atom is 0.266 e. The maximum atomic E-state index is 13.0. The highest BCUT2D eigenvalue weighted by Gasteiger charge is 2.38. The second-order valence-corrected chi connectivity index (χ2v) is 11.0. The Morgan fingerprint density at radius 3 is 2.42 bits per heavy atom. The molecule has 1 aromatic heterocycles. The second-order valence-electron chi connectivity index (χ2n) is 5.38. The minimum Gasteiger partial charge on any atom is -0.263 e. The summed E-state index contributed by atoms with van der Waals surface area (Å²) in [6, 6.07) is 5.05. The minimum absolute atomic E-state index is 0.0516. The van der Waals surface area contributed by atoms with Crippen LogP contribution in [0.2, 0.25) is 8.67 Å². The molecule has 1 aliphatic heterocycles. The third-order valence-electron chi connectivity index (χ3n) is 3.69. The van der Waals surface area contributed by atoms with Crippen LogP contribution in [0.3, 0.4) is 0 Å². The highest BCUT2D eigenvalue weighted by molar-refractivity contribution is 7.93. The number of thiophene rings is 1. The molecule has 0 bridgehead atoms. The normalized spacial score (nSPS) is 18.0. The van der Waals surface area contributed by atoms with Crippen LogP contribution in [0.1, 0.15) is 12.5 Å². The first kappa shape index (κ1) is 18.0. The van der Waals surface area contributed by atoms with E-state index >= 15 is 0 Å². The first-order valence-corrected chi connectivity index (χ1v) is 11.2. The van der Waals surface area contributed by atoms with E-state index in [1.165, 1.54) is 28.6 Å². The van der Waals surface area contributed by atoms with Crippen LogP contribution in [0.25, 0.3) is 0 Å². The molecule has 0 saturated carbocycles. The van der Waals surface area contributed by atoms with E-state index < -0.39 is 26.1 Å². The van der Waals surface area contributed by atoms with Crippen molar-refractivity contribution >= 4 is 60.3 Å². The maximum absolute atomic E-state index is 13.0. The predicted octanol–water partition coefficient (Wildman–Crippen LogP) is 2.84. The fourth-order valence-corrected chi connectivity index (χ4v) is 7.10. The molecule has 24 heavy (non-hydrogen) atoms. The average molecular weight is 427 g/mol. The Hall–Kier alpha value is -0.840. The van der Waals surface area contributed by atoms with Crippen LogP contribution >= 0.6 is 34.5 Å². The molecule has 0 amide bonds. The van der Waals surface area contributed by atoms with Crippen molar-refractivity contribution in [1.29, 1.82) is 0 Å². The Bertz CT molecular complexity index is 1030. The SMILES string of the molecule is C[C@H]1Cc2cc(S(N)(=O)=O)ccc2N1S(=O)(=O)c1cc(Cl)sc1Cl. The van der Waals surface area contributed by atoms with Crippen LogP contribution in [0.4, 0.5) is 5.69 Å². The highest BCUT2D eigenvalue weighted by atomic mass is 35.5. The zero-order valence-electron chi connectivity index (χ0n) is 12.2. The van der Waals surface area contributed by atoms with Crippen molar-refractivity contribution in [1.82, 2.24) is 0 Å². The van der Waals surface area contributed by atoms with E-state index in [1.807, 2.05) is 0 Å². The Balaban J connectivity index is 2.14. The first-order valence-electron chi connectivity index (χ1n) is 6.67. The summed E-state index contributed by atoms with van der Waals surface area (Å²) in [5.41, 5.74) is 1.00. The van der Waals surface area contributed by atoms with Crippen molar-refractivity contribution in [2.24, 2.45) is 5.14 Å². The molecule has 2 aromatic rings. The summed E-state index contributed by atoms with van der Waals surface area (Å²) < 4.78 is 50.5. The van der Waals surface area contributed by atoms with Gasteiger partial charge >= 0.3 is 0 Å². The molecule has 0 aliphatic carbocycles. The molecule has 2 N–H and O–H groups in total. The molecule has 0 fully saturated rings. The van der Waals surface area contributed by atoms with E-state index in [0.29, 0.717) is 17.7 Å². The van der Waals surface area contributed by atoms with Crippen molar-refractivity contribution in [3.05, 3.63) is 38.5 Å². The molecule has 11 heteroatoms. The van der Waals surface area contributed by atoms with Gasteiger partial charge in [0, 0.05) is 6.04 Å². The summed E-state index contributed by atoms with van der Waals surface area (Å²) in [4.78, 5) is -0.112. The number of sulfonamides is 2. The van der Waals surface area contributed by atoms with Crippen molar-refractivity contribution < 1.29 is 16.8 Å². The molecule has 1 aliphatic rings. The van der Waals surface area contributed by atoms with E-state index in [2.05, 4.69) is 0 Å². The number of nitrogens with zero attached hydrogens (tertiary/aromatic N) is 1. The molecule has 2 heterocycles. The minimum atomic E-state index is -3.91. The smallest absolute Gasteiger partial charge is 0.263 e. The van der Waals surface area contributed by atoms with Gasteiger partial charge in [0.1, 0.15) is 9.23 Å². The van der Waals surface area contributed by atoms with Crippen LogP contribution in [-0.2, 0) is 26.5 Å². The number of benzene rings is 1. The number of primary sulfonamides is 1. The molecular formula is C13H12Cl2N2O4S3. The van der Waals surface area contributed by atoms with Crippen LogP contribution in [-0.4, -0.2) is 22.9 Å². The number of anilines is 1. The van der Waals surface area contributed by atoms with Gasteiger partial charge in [-0.15, -0.1) is 11.3 Å². The van der Waals surface area contributed by atoms with Gasteiger partial charge in [-0.25, -0.2) is 22.0 Å². The molecule has 0 unspecified atom stereocenters. The fraction of sp³-hybridized carbons (Fsp3) is 0.231. The lowest BCUT2D eigenvalue weighted by atomic mass is 10.1. The highest BCUT2D eigenvalue weighted by Crippen LogP contribution is 2.42. The number of nitrogens with two attached hydrogens (primary N) is 1. The number of hydrogen-bond donors (Lipinski definition) is 1. The number of hydrogen-bond acceptors (Lipinski definition) is 5. The summed E-state index contributed by atoms with van der Waals surface area (Å²) in [5.74, 6) is 0. The van der Waals surface area contributed by atoms with Crippen LogP contribution in [0.15, 0.2) is 34.1 Å². The Morgan fingerprint density at radius 2 is 1.88 bits per heavy atom. The van der Waals surface area contributed by atoms with Gasteiger partial charge in [-0.05, 0) is 43.2 Å².